The van der Waals surface area contributed by atoms with Crippen molar-refractivity contribution in [2.24, 2.45) is 7.05 Å². The maximum atomic E-state index is 13.4. The molecule has 1 aliphatic carbocycles. The molecular weight excluding hydrogens is 370 g/mol. The minimum atomic E-state index is -4.88. The minimum Gasteiger partial charge on any atom is -0.465 e. The smallest absolute Gasteiger partial charge is 0.419 e. The van der Waals surface area contributed by atoms with Gasteiger partial charge in [0.25, 0.3) is 5.91 Å². The van der Waals surface area contributed by atoms with Crippen LogP contribution in [0.2, 0.25) is 0 Å². The molecule has 1 atom stereocenters. The van der Waals surface area contributed by atoms with Crippen molar-refractivity contribution >= 4 is 17.7 Å². The number of fused-ring (bicyclic) bond motifs is 1. The van der Waals surface area contributed by atoms with Crippen LogP contribution in [0.5, 0.6) is 0 Å². The molecule has 0 fully saturated rings. The zero-order chi connectivity index (χ0) is 19.9. The van der Waals surface area contributed by atoms with Crippen LogP contribution in [0.4, 0.5) is 28.0 Å². The van der Waals surface area contributed by atoms with Crippen molar-refractivity contribution in [3.8, 4) is 0 Å². The van der Waals surface area contributed by atoms with E-state index in [-0.39, 0.29) is 11.4 Å². The lowest BCUT2D eigenvalue weighted by Gasteiger charge is -2.12. The summed E-state index contributed by atoms with van der Waals surface area (Å²) in [6, 6.07) is 1.76. The molecule has 3 rings (SSSR count). The highest BCUT2D eigenvalue weighted by atomic mass is 19.4. The van der Waals surface area contributed by atoms with Gasteiger partial charge in [0.15, 0.2) is 0 Å². The molecule has 0 bridgehead atoms. The number of aryl methyl sites for hydroxylation is 1. The van der Waals surface area contributed by atoms with Gasteiger partial charge in [0.1, 0.15) is 11.5 Å². The van der Waals surface area contributed by atoms with Gasteiger partial charge >= 0.3 is 12.3 Å². The molecule has 1 heterocycles. The van der Waals surface area contributed by atoms with E-state index in [0.717, 1.165) is 6.07 Å². The van der Waals surface area contributed by atoms with E-state index in [2.05, 4.69) is 10.6 Å². The number of aromatic nitrogens is 1. The number of carboxylic acid groups (broad SMARTS) is 1. The SMILES string of the molecule is Cn1cc2c(c1C(=O)Nc1ccc(F)c(C(F)(F)F)c1)CCC2NC(=O)O. The van der Waals surface area contributed by atoms with Crippen LogP contribution < -0.4 is 10.6 Å². The van der Waals surface area contributed by atoms with Gasteiger partial charge in [0.05, 0.1) is 11.6 Å². The average Bonchev–Trinajstić information content (AvgIpc) is 3.06. The number of alkyl halides is 3. The van der Waals surface area contributed by atoms with E-state index in [1.165, 1.54) is 4.57 Å². The number of amides is 2. The van der Waals surface area contributed by atoms with Crippen molar-refractivity contribution < 1.29 is 32.3 Å². The van der Waals surface area contributed by atoms with Crippen molar-refractivity contribution in [3.63, 3.8) is 0 Å². The largest absolute Gasteiger partial charge is 0.465 e. The molecule has 1 aromatic carbocycles. The zero-order valence-electron chi connectivity index (χ0n) is 14.0. The van der Waals surface area contributed by atoms with Gasteiger partial charge in [-0.1, -0.05) is 0 Å². The molecule has 10 heteroatoms. The molecule has 0 saturated heterocycles. The monoisotopic (exact) mass is 385 g/mol. The summed E-state index contributed by atoms with van der Waals surface area (Å²) in [6.45, 7) is 0. The first-order valence-electron chi connectivity index (χ1n) is 7.93. The number of nitrogens with zero attached hydrogens (tertiary/aromatic N) is 1. The second-order valence-corrected chi connectivity index (χ2v) is 6.21. The Kier molecular flexibility index (Phi) is 4.58. The third kappa shape index (κ3) is 3.60. The molecule has 0 spiro atoms. The number of hydrogen-bond acceptors (Lipinski definition) is 2. The Morgan fingerprint density at radius 2 is 2.00 bits per heavy atom. The van der Waals surface area contributed by atoms with Crippen molar-refractivity contribution in [2.75, 3.05) is 5.32 Å². The first-order valence-corrected chi connectivity index (χ1v) is 7.93. The lowest BCUT2D eigenvalue weighted by Crippen LogP contribution is -2.24. The van der Waals surface area contributed by atoms with Crippen LogP contribution in [0.3, 0.4) is 0 Å². The first kappa shape index (κ1) is 18.7. The Morgan fingerprint density at radius 1 is 1.30 bits per heavy atom. The molecule has 1 aliphatic rings. The fourth-order valence-electron chi connectivity index (χ4n) is 3.31. The number of anilines is 1. The Balaban J connectivity index is 1.88. The highest BCUT2D eigenvalue weighted by molar-refractivity contribution is 6.04. The molecule has 1 aromatic heterocycles. The Bertz CT molecular complexity index is 921. The topological polar surface area (TPSA) is 83.4 Å². The van der Waals surface area contributed by atoms with Crippen LogP contribution in [-0.2, 0) is 19.6 Å². The van der Waals surface area contributed by atoms with Crippen LogP contribution in [0, 0.1) is 5.82 Å². The molecule has 0 aliphatic heterocycles. The summed E-state index contributed by atoms with van der Waals surface area (Å²) in [5, 5.41) is 13.6. The van der Waals surface area contributed by atoms with Gasteiger partial charge in [-0.05, 0) is 42.2 Å². The van der Waals surface area contributed by atoms with E-state index in [4.69, 9.17) is 5.11 Å². The van der Waals surface area contributed by atoms with E-state index in [1.54, 1.807) is 13.2 Å². The summed E-state index contributed by atoms with van der Waals surface area (Å²) in [6.07, 6.45) is -3.53. The molecular formula is C17H15F4N3O3. The summed E-state index contributed by atoms with van der Waals surface area (Å²) in [7, 11) is 1.58. The second-order valence-electron chi connectivity index (χ2n) is 6.21. The lowest BCUT2D eigenvalue weighted by atomic mass is 10.1. The predicted molar refractivity (Wildman–Crippen MR) is 87.0 cm³/mol. The number of benzene rings is 1. The van der Waals surface area contributed by atoms with E-state index in [1.807, 2.05) is 0 Å². The number of carbonyl (C=O) groups is 2. The van der Waals surface area contributed by atoms with Crippen LogP contribution in [-0.4, -0.2) is 21.7 Å². The van der Waals surface area contributed by atoms with Crippen LogP contribution >= 0.6 is 0 Å². The normalized spacial score (nSPS) is 16.1. The standard InChI is InChI=1S/C17H15F4N3O3/c1-24-7-10-9(3-5-13(10)23-16(26)27)14(24)15(25)22-8-2-4-12(18)11(6-8)17(19,20)21/h2,4,6-7,13,23H,3,5H2,1H3,(H,22,25)(H,26,27). The minimum absolute atomic E-state index is 0.193. The van der Waals surface area contributed by atoms with Crippen molar-refractivity contribution in [1.29, 1.82) is 0 Å². The van der Waals surface area contributed by atoms with Gasteiger partial charge in [-0.3, -0.25) is 4.79 Å². The number of hydrogen-bond donors (Lipinski definition) is 3. The predicted octanol–water partition coefficient (Wildman–Crippen LogP) is 3.69. The Morgan fingerprint density at radius 3 is 2.63 bits per heavy atom. The third-order valence-electron chi connectivity index (χ3n) is 4.42. The number of carbonyl (C=O) groups excluding carboxylic acids is 1. The van der Waals surface area contributed by atoms with Gasteiger partial charge in [0, 0.05) is 18.9 Å². The molecule has 27 heavy (non-hydrogen) atoms. The van der Waals surface area contributed by atoms with Gasteiger partial charge in [-0.15, -0.1) is 0 Å². The highest BCUT2D eigenvalue weighted by Gasteiger charge is 2.35. The quantitative estimate of drug-likeness (QED) is 0.705. The van der Waals surface area contributed by atoms with Crippen molar-refractivity contribution in [1.82, 2.24) is 9.88 Å². The van der Waals surface area contributed by atoms with Gasteiger partial charge in [-0.25, -0.2) is 9.18 Å². The molecule has 2 amide bonds. The van der Waals surface area contributed by atoms with Crippen molar-refractivity contribution in [2.45, 2.75) is 25.1 Å². The number of rotatable bonds is 3. The molecule has 6 nitrogen and oxygen atoms in total. The van der Waals surface area contributed by atoms with Crippen LogP contribution in [0.15, 0.2) is 24.4 Å². The molecule has 2 aromatic rings. The fraction of sp³-hybridized carbons (Fsp3) is 0.294. The average molecular weight is 385 g/mol. The van der Waals surface area contributed by atoms with Crippen LogP contribution in [0.25, 0.3) is 0 Å². The molecule has 1 unspecified atom stereocenters. The van der Waals surface area contributed by atoms with Gasteiger partial charge in [0.2, 0.25) is 0 Å². The maximum absolute atomic E-state index is 13.4. The Hall–Kier alpha value is -3.04. The highest BCUT2D eigenvalue weighted by Crippen LogP contribution is 2.36. The van der Waals surface area contributed by atoms with E-state index in [9.17, 15) is 27.2 Å². The zero-order valence-corrected chi connectivity index (χ0v) is 14.0. The third-order valence-corrected chi connectivity index (χ3v) is 4.42. The van der Waals surface area contributed by atoms with Crippen molar-refractivity contribution in [3.05, 3.63) is 52.6 Å². The summed E-state index contributed by atoms with van der Waals surface area (Å²) >= 11 is 0. The van der Waals surface area contributed by atoms with Gasteiger partial charge < -0.3 is 20.3 Å². The fourth-order valence-corrected chi connectivity index (χ4v) is 3.31. The Labute approximate surface area is 150 Å². The van der Waals surface area contributed by atoms with E-state index >= 15 is 0 Å². The lowest BCUT2D eigenvalue weighted by molar-refractivity contribution is -0.139. The molecule has 144 valence electrons. The molecule has 3 N–H and O–H groups in total. The van der Waals surface area contributed by atoms with Gasteiger partial charge in [-0.2, -0.15) is 13.2 Å². The molecule has 0 saturated carbocycles. The first-order chi connectivity index (χ1) is 12.6. The van der Waals surface area contributed by atoms with E-state index < -0.39 is 35.6 Å². The van der Waals surface area contributed by atoms with E-state index in [0.29, 0.717) is 36.1 Å². The summed E-state index contributed by atoms with van der Waals surface area (Å²) in [4.78, 5) is 23.4. The number of halogens is 4. The maximum Gasteiger partial charge on any atom is 0.419 e. The molecule has 0 radical (unpaired) electrons. The second kappa shape index (κ2) is 6.60. The summed E-state index contributed by atoms with van der Waals surface area (Å²) < 4.78 is 53.3. The summed E-state index contributed by atoms with van der Waals surface area (Å²) in [5.74, 6) is -2.09. The summed E-state index contributed by atoms with van der Waals surface area (Å²) in [5.41, 5.74) is -0.158. The van der Waals surface area contributed by atoms with Crippen LogP contribution in [0.1, 0.15) is 39.6 Å². The number of nitrogens with one attached hydrogen (secondary N) is 2.